The second-order valence-corrected chi connectivity index (χ2v) is 6.87. The van der Waals surface area contributed by atoms with Crippen LogP contribution in [0.15, 0.2) is 54.6 Å². The first-order chi connectivity index (χ1) is 10.9. The fourth-order valence-electron chi connectivity index (χ4n) is 2.75. The minimum Gasteiger partial charge on any atom is -0.360 e. The number of hydrogen-bond acceptors (Lipinski definition) is 1. The Labute approximate surface area is 143 Å². The van der Waals surface area contributed by atoms with Crippen LogP contribution in [0.2, 0.25) is 0 Å². The largest absolute Gasteiger partial charge is 0.360 e. The van der Waals surface area contributed by atoms with Crippen molar-refractivity contribution in [1.29, 1.82) is 0 Å². The van der Waals surface area contributed by atoms with Gasteiger partial charge in [-0.1, -0.05) is 44.2 Å². The summed E-state index contributed by atoms with van der Waals surface area (Å²) in [4.78, 5) is 0. The maximum Gasteiger partial charge on any atom is 0.170 e. The summed E-state index contributed by atoms with van der Waals surface area (Å²) in [5.41, 5.74) is 2.14. The first-order valence-electron chi connectivity index (χ1n) is 7.75. The lowest BCUT2D eigenvalue weighted by Gasteiger charge is -2.29. The summed E-state index contributed by atoms with van der Waals surface area (Å²) in [5.74, 6) is -0.257. The summed E-state index contributed by atoms with van der Waals surface area (Å²) in [5, 5.41) is 6.92. The summed E-state index contributed by atoms with van der Waals surface area (Å²) < 4.78 is 12.9. The number of nitrogens with one attached hydrogen (secondary N) is 2. The molecule has 0 aromatic heterocycles. The number of hydrogen-bond donors (Lipinski definition) is 2. The van der Waals surface area contributed by atoms with Gasteiger partial charge < -0.3 is 10.6 Å². The lowest BCUT2D eigenvalue weighted by atomic mass is 9.79. The minimum atomic E-state index is -0.257. The molecule has 0 aliphatic rings. The highest BCUT2D eigenvalue weighted by Crippen LogP contribution is 2.28. The summed E-state index contributed by atoms with van der Waals surface area (Å²) in [6.07, 6.45) is 0.947. The van der Waals surface area contributed by atoms with E-state index in [1.54, 1.807) is 12.1 Å². The quantitative estimate of drug-likeness (QED) is 0.765. The average molecular weight is 330 g/mol. The Hall–Kier alpha value is -1.94. The van der Waals surface area contributed by atoms with Crippen LogP contribution in [0, 0.1) is 5.82 Å². The third-order valence-corrected chi connectivity index (χ3v) is 4.07. The predicted molar refractivity (Wildman–Crippen MR) is 99.3 cm³/mol. The molecule has 122 valence electrons. The van der Waals surface area contributed by atoms with Gasteiger partial charge in [0.15, 0.2) is 5.11 Å². The molecule has 0 saturated carbocycles. The molecule has 0 spiro atoms. The minimum absolute atomic E-state index is 0.0547. The second-order valence-electron chi connectivity index (χ2n) is 6.46. The molecule has 0 radical (unpaired) electrons. The zero-order valence-electron chi connectivity index (χ0n) is 13.8. The number of anilines is 1. The van der Waals surface area contributed by atoms with Gasteiger partial charge in [0.2, 0.25) is 0 Å². The van der Waals surface area contributed by atoms with Crippen molar-refractivity contribution in [2.24, 2.45) is 0 Å². The molecule has 0 fully saturated rings. The van der Waals surface area contributed by atoms with Crippen LogP contribution in [0.5, 0.6) is 0 Å². The van der Waals surface area contributed by atoms with Crippen LogP contribution in [0.1, 0.15) is 32.8 Å². The Kier molecular flexibility index (Phi) is 5.72. The first kappa shape index (κ1) is 17.4. The van der Waals surface area contributed by atoms with Crippen molar-refractivity contribution in [3.8, 4) is 0 Å². The highest BCUT2D eigenvalue weighted by molar-refractivity contribution is 7.80. The maximum absolute atomic E-state index is 12.9. The van der Waals surface area contributed by atoms with Crippen LogP contribution in [0.25, 0.3) is 0 Å². The number of rotatable bonds is 5. The summed E-state index contributed by atoms with van der Waals surface area (Å²) in [6, 6.07) is 16.8. The molecule has 2 aromatic carbocycles. The zero-order valence-corrected chi connectivity index (χ0v) is 14.6. The van der Waals surface area contributed by atoms with E-state index in [-0.39, 0.29) is 17.3 Å². The normalized spacial score (nSPS) is 12.5. The van der Waals surface area contributed by atoms with Gasteiger partial charge in [-0.2, -0.15) is 0 Å². The smallest absolute Gasteiger partial charge is 0.170 e. The van der Waals surface area contributed by atoms with Crippen molar-refractivity contribution in [3.05, 3.63) is 66.0 Å². The molecule has 2 rings (SSSR count). The van der Waals surface area contributed by atoms with Gasteiger partial charge in [-0.25, -0.2) is 4.39 Å². The second kappa shape index (κ2) is 7.55. The van der Waals surface area contributed by atoms with E-state index in [9.17, 15) is 4.39 Å². The Bertz CT molecular complexity index is 638. The monoisotopic (exact) mass is 330 g/mol. The van der Waals surface area contributed by atoms with Gasteiger partial charge in [0, 0.05) is 11.7 Å². The van der Waals surface area contributed by atoms with Crippen molar-refractivity contribution in [3.63, 3.8) is 0 Å². The molecule has 4 heteroatoms. The molecule has 0 unspecified atom stereocenters. The molecule has 1 atom stereocenters. The van der Waals surface area contributed by atoms with Gasteiger partial charge in [-0.3, -0.25) is 0 Å². The van der Waals surface area contributed by atoms with E-state index in [0.29, 0.717) is 5.11 Å². The Morgan fingerprint density at radius 2 is 1.70 bits per heavy atom. The highest BCUT2D eigenvalue weighted by atomic mass is 32.1. The third-order valence-electron chi connectivity index (χ3n) is 3.85. The van der Waals surface area contributed by atoms with Crippen LogP contribution >= 0.6 is 12.2 Å². The van der Waals surface area contributed by atoms with E-state index in [1.165, 1.54) is 17.7 Å². The fraction of sp³-hybridized carbons (Fsp3) is 0.316. The molecule has 0 bridgehead atoms. The summed E-state index contributed by atoms with van der Waals surface area (Å²) in [7, 11) is 0. The molecular weight excluding hydrogens is 307 g/mol. The molecule has 2 nitrogen and oxygen atoms in total. The van der Waals surface area contributed by atoms with Gasteiger partial charge in [0.05, 0.1) is 0 Å². The molecule has 0 aliphatic heterocycles. The Balaban J connectivity index is 1.89. The van der Waals surface area contributed by atoms with Crippen molar-refractivity contribution in [1.82, 2.24) is 5.32 Å². The molecule has 0 saturated heterocycles. The molecule has 0 aliphatic carbocycles. The van der Waals surface area contributed by atoms with Gasteiger partial charge in [0.25, 0.3) is 0 Å². The summed E-state index contributed by atoms with van der Waals surface area (Å²) >= 11 is 5.34. The molecule has 2 aromatic rings. The van der Waals surface area contributed by atoms with Crippen LogP contribution in [0.3, 0.4) is 0 Å². The third kappa shape index (κ3) is 5.32. The Morgan fingerprint density at radius 3 is 2.30 bits per heavy atom. The zero-order chi connectivity index (χ0) is 16.9. The fourth-order valence-corrected chi connectivity index (χ4v) is 3.07. The van der Waals surface area contributed by atoms with E-state index in [0.717, 1.165) is 12.1 Å². The van der Waals surface area contributed by atoms with Gasteiger partial charge >= 0.3 is 0 Å². The standard InChI is InChI=1S/C19H23FN2S/c1-14(13-19(2,3)15-7-5-4-6-8-15)21-18(23)22-17-11-9-16(20)10-12-17/h4-12,14H,13H2,1-3H3,(H2,21,22,23)/t14-/m0/s1. The van der Waals surface area contributed by atoms with E-state index < -0.39 is 0 Å². The Morgan fingerprint density at radius 1 is 1.09 bits per heavy atom. The van der Waals surface area contributed by atoms with Gasteiger partial charge in [0.1, 0.15) is 5.82 Å². The average Bonchev–Trinajstić information content (AvgIpc) is 2.49. The molecule has 0 heterocycles. The molecule has 2 N–H and O–H groups in total. The van der Waals surface area contributed by atoms with Crippen molar-refractivity contribution < 1.29 is 4.39 Å². The molecular formula is C19H23FN2S. The van der Waals surface area contributed by atoms with Crippen molar-refractivity contribution >= 4 is 23.0 Å². The van der Waals surface area contributed by atoms with Gasteiger partial charge in [-0.05, 0) is 60.8 Å². The number of halogens is 1. The van der Waals surface area contributed by atoms with Crippen LogP contribution in [-0.2, 0) is 5.41 Å². The maximum atomic E-state index is 12.9. The van der Waals surface area contributed by atoms with E-state index in [4.69, 9.17) is 12.2 Å². The van der Waals surface area contributed by atoms with Gasteiger partial charge in [-0.15, -0.1) is 0 Å². The van der Waals surface area contributed by atoms with E-state index >= 15 is 0 Å². The van der Waals surface area contributed by atoms with Crippen LogP contribution in [-0.4, -0.2) is 11.2 Å². The lowest BCUT2D eigenvalue weighted by molar-refractivity contribution is 0.420. The topological polar surface area (TPSA) is 24.1 Å². The first-order valence-corrected chi connectivity index (χ1v) is 8.16. The molecule has 0 amide bonds. The van der Waals surface area contributed by atoms with Crippen molar-refractivity contribution in [2.75, 3.05) is 5.32 Å². The van der Waals surface area contributed by atoms with E-state index in [2.05, 4.69) is 55.7 Å². The SMILES string of the molecule is C[C@@H](CC(C)(C)c1ccccc1)NC(=S)Nc1ccc(F)cc1. The van der Waals surface area contributed by atoms with Crippen LogP contribution < -0.4 is 10.6 Å². The van der Waals surface area contributed by atoms with Crippen molar-refractivity contribution in [2.45, 2.75) is 38.6 Å². The number of thiocarbonyl (C=S) groups is 1. The number of benzene rings is 2. The molecule has 23 heavy (non-hydrogen) atoms. The highest BCUT2D eigenvalue weighted by Gasteiger charge is 2.23. The predicted octanol–water partition coefficient (Wildman–Crippen LogP) is 4.87. The summed E-state index contributed by atoms with van der Waals surface area (Å²) in [6.45, 7) is 6.58. The lowest BCUT2D eigenvalue weighted by Crippen LogP contribution is -2.39. The van der Waals surface area contributed by atoms with E-state index in [1.807, 2.05) is 6.07 Å². The van der Waals surface area contributed by atoms with Crippen LogP contribution in [0.4, 0.5) is 10.1 Å².